The second-order valence-corrected chi connectivity index (χ2v) is 7.88. The summed E-state index contributed by atoms with van der Waals surface area (Å²) >= 11 is 12.0. The Morgan fingerprint density at radius 1 is 0.833 bits per heavy atom. The first kappa shape index (κ1) is 20.1. The van der Waals surface area contributed by atoms with E-state index in [0.29, 0.717) is 16.9 Å². The summed E-state index contributed by atoms with van der Waals surface area (Å²) in [7, 11) is 0. The van der Waals surface area contributed by atoms with Gasteiger partial charge in [0.05, 0.1) is 26.9 Å². The largest absolute Gasteiger partial charge is 0.322 e. The first-order valence-electron chi connectivity index (χ1n) is 9.13. The fourth-order valence-corrected chi connectivity index (χ4v) is 3.60. The zero-order valence-electron chi connectivity index (χ0n) is 16.1. The Hall–Kier alpha value is -3.15. The Kier molecular flexibility index (Phi) is 5.10. The second kappa shape index (κ2) is 7.59. The van der Waals surface area contributed by atoms with Crippen molar-refractivity contribution in [1.82, 2.24) is 0 Å². The number of amides is 3. The maximum atomic E-state index is 12.8. The molecule has 0 aromatic heterocycles. The summed E-state index contributed by atoms with van der Waals surface area (Å²) in [6.45, 7) is 3.96. The van der Waals surface area contributed by atoms with E-state index in [9.17, 15) is 14.4 Å². The molecule has 0 spiro atoms. The molecule has 0 radical (unpaired) electrons. The molecule has 0 atom stereocenters. The van der Waals surface area contributed by atoms with E-state index >= 15 is 0 Å². The van der Waals surface area contributed by atoms with Crippen LogP contribution in [-0.4, -0.2) is 17.7 Å². The van der Waals surface area contributed by atoms with Crippen molar-refractivity contribution in [3.63, 3.8) is 0 Å². The van der Waals surface area contributed by atoms with Crippen molar-refractivity contribution >= 4 is 52.3 Å². The molecule has 1 N–H and O–H groups in total. The van der Waals surface area contributed by atoms with Gasteiger partial charge < -0.3 is 5.32 Å². The number of rotatable bonds is 3. The molecule has 0 aliphatic carbocycles. The van der Waals surface area contributed by atoms with E-state index in [1.807, 2.05) is 32.0 Å². The number of imide groups is 1. The lowest BCUT2D eigenvalue weighted by molar-refractivity contribution is 0.0924. The van der Waals surface area contributed by atoms with Crippen molar-refractivity contribution in [2.24, 2.45) is 0 Å². The monoisotopic (exact) mass is 438 g/mol. The smallest absolute Gasteiger partial charge is 0.266 e. The number of hydrogen-bond acceptors (Lipinski definition) is 3. The summed E-state index contributed by atoms with van der Waals surface area (Å²) < 4.78 is 0. The van der Waals surface area contributed by atoms with Crippen LogP contribution >= 0.6 is 23.2 Å². The molecule has 3 aromatic carbocycles. The summed E-state index contributed by atoms with van der Waals surface area (Å²) in [5.74, 6) is -1.37. The highest BCUT2D eigenvalue weighted by Crippen LogP contribution is 2.34. The number of carbonyl (C=O) groups is 3. The molecule has 3 amide bonds. The highest BCUT2D eigenvalue weighted by molar-refractivity contribution is 6.44. The molecule has 1 aliphatic rings. The number of aryl methyl sites for hydroxylation is 2. The van der Waals surface area contributed by atoms with Crippen molar-refractivity contribution in [3.05, 3.63) is 92.5 Å². The van der Waals surface area contributed by atoms with Gasteiger partial charge in [0.2, 0.25) is 0 Å². The van der Waals surface area contributed by atoms with Crippen LogP contribution in [0, 0.1) is 13.8 Å². The van der Waals surface area contributed by atoms with Gasteiger partial charge in [-0.2, -0.15) is 0 Å². The molecule has 0 bridgehead atoms. The summed E-state index contributed by atoms with van der Waals surface area (Å²) in [6, 6.07) is 14.7. The fourth-order valence-electron chi connectivity index (χ4n) is 3.28. The van der Waals surface area contributed by atoms with Crippen LogP contribution in [0.2, 0.25) is 10.0 Å². The second-order valence-electron chi connectivity index (χ2n) is 7.06. The van der Waals surface area contributed by atoms with Crippen molar-refractivity contribution < 1.29 is 14.4 Å². The van der Waals surface area contributed by atoms with E-state index in [2.05, 4.69) is 5.32 Å². The number of fused-ring (bicyclic) bond motifs is 1. The van der Waals surface area contributed by atoms with Crippen molar-refractivity contribution in [3.8, 4) is 0 Å². The summed E-state index contributed by atoms with van der Waals surface area (Å²) in [5.41, 5.74) is 3.82. The van der Waals surface area contributed by atoms with Gasteiger partial charge in [0.15, 0.2) is 0 Å². The van der Waals surface area contributed by atoms with Gasteiger partial charge in [-0.3, -0.25) is 14.4 Å². The highest BCUT2D eigenvalue weighted by Gasteiger charge is 2.37. The maximum absolute atomic E-state index is 12.8. The van der Waals surface area contributed by atoms with Crippen molar-refractivity contribution in [2.75, 3.05) is 10.2 Å². The average molecular weight is 439 g/mol. The zero-order chi connectivity index (χ0) is 21.6. The Bertz CT molecular complexity index is 1200. The number of carbonyl (C=O) groups excluding carboxylic acids is 3. The van der Waals surface area contributed by atoms with Crippen LogP contribution in [0.25, 0.3) is 0 Å². The molecule has 3 aromatic rings. The lowest BCUT2D eigenvalue weighted by atomic mass is 10.1. The van der Waals surface area contributed by atoms with E-state index in [1.54, 1.807) is 18.2 Å². The van der Waals surface area contributed by atoms with Crippen molar-refractivity contribution in [2.45, 2.75) is 13.8 Å². The number of halogens is 2. The molecular formula is C23H16Cl2N2O3. The van der Waals surface area contributed by atoms with Crippen LogP contribution < -0.4 is 10.2 Å². The van der Waals surface area contributed by atoms with Crippen LogP contribution in [0.15, 0.2) is 54.6 Å². The Morgan fingerprint density at radius 3 is 2.07 bits per heavy atom. The summed E-state index contributed by atoms with van der Waals surface area (Å²) in [6.07, 6.45) is 0. The molecule has 0 saturated heterocycles. The van der Waals surface area contributed by atoms with E-state index in [1.165, 1.54) is 18.2 Å². The molecule has 4 rings (SSSR count). The van der Waals surface area contributed by atoms with Gasteiger partial charge in [-0.05, 0) is 67.4 Å². The molecule has 0 unspecified atom stereocenters. The number of benzene rings is 3. The first-order chi connectivity index (χ1) is 14.3. The van der Waals surface area contributed by atoms with Crippen LogP contribution in [-0.2, 0) is 0 Å². The van der Waals surface area contributed by atoms with Gasteiger partial charge in [-0.1, -0.05) is 35.3 Å². The minimum atomic E-state index is -0.514. The lowest BCUT2D eigenvalue weighted by Gasteiger charge is -2.15. The Balaban J connectivity index is 1.63. The molecule has 1 aliphatic heterocycles. The van der Waals surface area contributed by atoms with Gasteiger partial charge in [0.1, 0.15) is 0 Å². The normalized spacial score (nSPS) is 12.9. The quantitative estimate of drug-likeness (QED) is 0.536. The number of nitrogens with zero attached hydrogens (tertiary/aromatic N) is 1. The minimum Gasteiger partial charge on any atom is -0.322 e. The molecule has 7 heteroatoms. The molecule has 150 valence electrons. The average Bonchev–Trinajstić information content (AvgIpc) is 2.95. The molecule has 1 heterocycles. The van der Waals surface area contributed by atoms with E-state index < -0.39 is 11.8 Å². The van der Waals surface area contributed by atoms with Gasteiger partial charge in [0, 0.05) is 11.3 Å². The molecule has 5 nitrogen and oxygen atoms in total. The SMILES string of the molecule is Cc1ccc(NC(=O)c2cccc(N3C(=O)c4cc(Cl)c(Cl)cc4C3=O)c2)cc1C. The molecule has 30 heavy (non-hydrogen) atoms. The van der Waals surface area contributed by atoms with E-state index in [4.69, 9.17) is 23.2 Å². The Labute approximate surface area is 183 Å². The standard InChI is InChI=1S/C23H16Cl2N2O3/c1-12-6-7-15(8-13(12)2)26-21(28)14-4-3-5-16(9-14)27-22(29)17-10-19(24)20(25)11-18(17)23(27)30/h3-11H,1-2H3,(H,26,28). The topological polar surface area (TPSA) is 66.5 Å². The van der Waals surface area contributed by atoms with Gasteiger partial charge in [-0.15, -0.1) is 0 Å². The number of anilines is 2. The van der Waals surface area contributed by atoms with Gasteiger partial charge in [0.25, 0.3) is 17.7 Å². The molecule has 0 fully saturated rings. The third kappa shape index (κ3) is 3.47. The Morgan fingerprint density at radius 2 is 1.47 bits per heavy atom. The zero-order valence-corrected chi connectivity index (χ0v) is 17.6. The van der Waals surface area contributed by atoms with Crippen LogP contribution in [0.3, 0.4) is 0 Å². The minimum absolute atomic E-state index is 0.180. The van der Waals surface area contributed by atoms with Gasteiger partial charge >= 0.3 is 0 Å². The van der Waals surface area contributed by atoms with Crippen molar-refractivity contribution in [1.29, 1.82) is 0 Å². The van der Waals surface area contributed by atoms with Crippen LogP contribution in [0.4, 0.5) is 11.4 Å². The summed E-state index contributed by atoms with van der Waals surface area (Å²) in [4.78, 5) is 39.4. The first-order valence-corrected chi connectivity index (χ1v) is 9.88. The van der Waals surface area contributed by atoms with E-state index in [-0.39, 0.29) is 27.1 Å². The number of nitrogens with one attached hydrogen (secondary N) is 1. The predicted octanol–water partition coefficient (Wildman–Crippen LogP) is 5.66. The van der Waals surface area contributed by atoms with Crippen LogP contribution in [0.1, 0.15) is 42.2 Å². The summed E-state index contributed by atoms with van der Waals surface area (Å²) in [5, 5.41) is 3.23. The molecule has 0 saturated carbocycles. The molecular weight excluding hydrogens is 423 g/mol. The number of hydrogen-bond donors (Lipinski definition) is 1. The third-order valence-corrected chi connectivity index (χ3v) is 5.78. The fraction of sp³-hybridized carbons (Fsp3) is 0.0870. The predicted molar refractivity (Wildman–Crippen MR) is 118 cm³/mol. The maximum Gasteiger partial charge on any atom is 0.266 e. The third-order valence-electron chi connectivity index (χ3n) is 5.06. The van der Waals surface area contributed by atoms with Gasteiger partial charge in [-0.25, -0.2) is 4.90 Å². The lowest BCUT2D eigenvalue weighted by Crippen LogP contribution is -2.29. The van der Waals surface area contributed by atoms with Crippen LogP contribution in [0.5, 0.6) is 0 Å². The highest BCUT2D eigenvalue weighted by atomic mass is 35.5. The van der Waals surface area contributed by atoms with E-state index in [0.717, 1.165) is 16.0 Å².